The number of halogens is 1. The third-order valence-corrected chi connectivity index (χ3v) is 4.30. The highest BCUT2D eigenvalue weighted by Gasteiger charge is 2.04. The molecule has 1 aromatic heterocycles. The molecule has 0 saturated heterocycles. The van der Waals surface area contributed by atoms with Gasteiger partial charge >= 0.3 is 0 Å². The van der Waals surface area contributed by atoms with E-state index in [-0.39, 0.29) is 24.0 Å². The Morgan fingerprint density at radius 3 is 2.50 bits per heavy atom. The third-order valence-electron chi connectivity index (χ3n) is 3.24. The van der Waals surface area contributed by atoms with Crippen molar-refractivity contribution < 1.29 is 0 Å². The number of hydrogen-bond donors (Lipinski definition) is 2. The summed E-state index contributed by atoms with van der Waals surface area (Å²) in [6, 6.07) is 8.46. The lowest BCUT2D eigenvalue weighted by Crippen LogP contribution is -2.36. The van der Waals surface area contributed by atoms with Gasteiger partial charge in [-0.15, -0.1) is 35.3 Å². The lowest BCUT2D eigenvalue weighted by Gasteiger charge is -2.10. The molecule has 0 aliphatic rings. The highest BCUT2D eigenvalue weighted by atomic mass is 127. The van der Waals surface area contributed by atoms with Gasteiger partial charge in [-0.25, -0.2) is 9.98 Å². The summed E-state index contributed by atoms with van der Waals surface area (Å²) in [5, 5.41) is 9.70. The minimum Gasteiger partial charge on any atom is -0.357 e. The lowest BCUT2D eigenvalue weighted by molar-refractivity contribution is 0.803. The predicted octanol–water partition coefficient (Wildman–Crippen LogP) is 3.39. The highest BCUT2D eigenvalue weighted by Crippen LogP contribution is 2.17. The zero-order chi connectivity index (χ0) is 16.7. The van der Waals surface area contributed by atoms with E-state index < -0.39 is 0 Å². The molecule has 0 atom stereocenters. The largest absolute Gasteiger partial charge is 0.357 e. The molecule has 0 aliphatic carbocycles. The van der Waals surface area contributed by atoms with Crippen LogP contribution in [0.1, 0.15) is 23.7 Å². The van der Waals surface area contributed by atoms with Gasteiger partial charge in [0.05, 0.1) is 18.8 Å². The van der Waals surface area contributed by atoms with E-state index in [9.17, 15) is 0 Å². The van der Waals surface area contributed by atoms with Crippen LogP contribution in [0, 0.1) is 6.92 Å². The van der Waals surface area contributed by atoms with Crippen molar-refractivity contribution in [3.63, 3.8) is 0 Å². The van der Waals surface area contributed by atoms with Gasteiger partial charge in [0.15, 0.2) is 11.1 Å². The quantitative estimate of drug-likeness (QED) is 0.395. The van der Waals surface area contributed by atoms with E-state index in [1.165, 1.54) is 11.1 Å². The van der Waals surface area contributed by atoms with Crippen LogP contribution in [-0.4, -0.2) is 31.6 Å². The summed E-state index contributed by atoms with van der Waals surface area (Å²) >= 11 is 1.65. The van der Waals surface area contributed by atoms with Crippen LogP contribution in [0.3, 0.4) is 0 Å². The zero-order valence-electron chi connectivity index (χ0n) is 14.7. The first kappa shape index (κ1) is 20.7. The van der Waals surface area contributed by atoms with Crippen molar-refractivity contribution in [2.24, 2.45) is 4.99 Å². The van der Waals surface area contributed by atoms with Gasteiger partial charge in [0.1, 0.15) is 0 Å². The summed E-state index contributed by atoms with van der Waals surface area (Å²) in [5.74, 6) is 0.812. The second kappa shape index (κ2) is 10.5. The van der Waals surface area contributed by atoms with E-state index in [0.717, 1.165) is 23.3 Å². The van der Waals surface area contributed by atoms with E-state index in [2.05, 4.69) is 64.1 Å². The molecule has 7 heteroatoms. The highest BCUT2D eigenvalue weighted by molar-refractivity contribution is 14.0. The van der Waals surface area contributed by atoms with Crippen molar-refractivity contribution in [3.8, 4) is 0 Å². The first-order valence-corrected chi connectivity index (χ1v) is 8.66. The average molecular weight is 459 g/mol. The minimum absolute atomic E-state index is 0. The number of aryl methyl sites for hydroxylation is 1. The first-order chi connectivity index (χ1) is 11.1. The Balaban J connectivity index is 0.00000288. The molecule has 0 bridgehead atoms. The van der Waals surface area contributed by atoms with Crippen LogP contribution in [0.5, 0.6) is 0 Å². The smallest absolute Gasteiger partial charge is 0.191 e. The third kappa shape index (κ3) is 6.64. The average Bonchev–Trinajstić information content (AvgIpc) is 3.01. The maximum atomic E-state index is 4.63. The molecule has 2 aromatic rings. The second-order valence-corrected chi connectivity index (χ2v) is 6.39. The van der Waals surface area contributed by atoms with Gasteiger partial charge in [0, 0.05) is 26.0 Å². The second-order valence-electron chi connectivity index (χ2n) is 5.55. The van der Waals surface area contributed by atoms with Gasteiger partial charge in [-0.3, -0.25) is 0 Å². The summed E-state index contributed by atoms with van der Waals surface area (Å²) in [6.07, 6.45) is 0. The van der Waals surface area contributed by atoms with Crippen molar-refractivity contribution in [1.29, 1.82) is 0 Å². The SMILES string of the molecule is CCNC(=NCc1ccc(C)cc1)NCc1csc(N(C)C)n1.I. The van der Waals surface area contributed by atoms with E-state index in [4.69, 9.17) is 0 Å². The van der Waals surface area contributed by atoms with Gasteiger partial charge < -0.3 is 15.5 Å². The predicted molar refractivity (Wildman–Crippen MR) is 115 cm³/mol. The van der Waals surface area contributed by atoms with Crippen LogP contribution >= 0.6 is 35.3 Å². The van der Waals surface area contributed by atoms with Crippen molar-refractivity contribution in [2.45, 2.75) is 26.9 Å². The van der Waals surface area contributed by atoms with Crippen molar-refractivity contribution in [3.05, 3.63) is 46.5 Å². The van der Waals surface area contributed by atoms with Crippen LogP contribution < -0.4 is 15.5 Å². The van der Waals surface area contributed by atoms with Crippen LogP contribution in [0.2, 0.25) is 0 Å². The maximum absolute atomic E-state index is 4.63. The standard InChI is InChI=1S/C17H25N5S.HI/c1-5-18-16(19-10-14-8-6-13(2)7-9-14)20-11-15-12-23-17(21-15)22(3)4;/h6-9,12H,5,10-11H2,1-4H3,(H2,18,19,20);1H. The molecule has 0 saturated carbocycles. The number of aromatic nitrogens is 1. The molecule has 0 fully saturated rings. The topological polar surface area (TPSA) is 52.6 Å². The van der Waals surface area contributed by atoms with Crippen molar-refractivity contribution in [1.82, 2.24) is 15.6 Å². The molecule has 1 aromatic carbocycles. The molecule has 1 heterocycles. The van der Waals surface area contributed by atoms with Crippen LogP contribution in [0.4, 0.5) is 5.13 Å². The van der Waals surface area contributed by atoms with Crippen LogP contribution in [0.25, 0.3) is 0 Å². The number of aliphatic imine (C=N–C) groups is 1. The fourth-order valence-electron chi connectivity index (χ4n) is 1.96. The van der Waals surface area contributed by atoms with E-state index >= 15 is 0 Å². The van der Waals surface area contributed by atoms with Crippen LogP contribution in [0.15, 0.2) is 34.6 Å². The Hall–Kier alpha value is -1.35. The van der Waals surface area contributed by atoms with Crippen molar-refractivity contribution >= 4 is 46.4 Å². The molecule has 24 heavy (non-hydrogen) atoms. The van der Waals surface area contributed by atoms with E-state index in [1.54, 1.807) is 11.3 Å². The Kier molecular flexibility index (Phi) is 9.05. The number of thiazole rings is 1. The summed E-state index contributed by atoms with van der Waals surface area (Å²) in [7, 11) is 4.01. The summed E-state index contributed by atoms with van der Waals surface area (Å²) < 4.78 is 0. The Labute approximate surface area is 165 Å². The maximum Gasteiger partial charge on any atom is 0.191 e. The Bertz CT molecular complexity index is 637. The monoisotopic (exact) mass is 459 g/mol. The molecular formula is C17H26IN5S. The number of guanidine groups is 1. The Morgan fingerprint density at radius 1 is 1.21 bits per heavy atom. The Morgan fingerprint density at radius 2 is 1.92 bits per heavy atom. The van der Waals surface area contributed by atoms with E-state index in [1.807, 2.05) is 19.0 Å². The summed E-state index contributed by atoms with van der Waals surface area (Å²) in [4.78, 5) is 11.2. The molecular weight excluding hydrogens is 433 g/mol. The fraction of sp³-hybridized carbons (Fsp3) is 0.412. The van der Waals surface area contributed by atoms with E-state index in [0.29, 0.717) is 13.1 Å². The van der Waals surface area contributed by atoms with Gasteiger partial charge in [0.25, 0.3) is 0 Å². The number of rotatable bonds is 6. The van der Waals surface area contributed by atoms with Crippen LogP contribution in [-0.2, 0) is 13.1 Å². The number of nitrogens with zero attached hydrogens (tertiary/aromatic N) is 3. The van der Waals surface area contributed by atoms with Gasteiger partial charge in [0.2, 0.25) is 0 Å². The molecule has 0 unspecified atom stereocenters. The molecule has 2 N–H and O–H groups in total. The summed E-state index contributed by atoms with van der Waals surface area (Å²) in [6.45, 7) is 6.32. The lowest BCUT2D eigenvalue weighted by atomic mass is 10.1. The normalized spacial score (nSPS) is 10.9. The molecule has 0 spiro atoms. The fourth-order valence-corrected chi connectivity index (χ4v) is 2.72. The van der Waals surface area contributed by atoms with Gasteiger partial charge in [-0.2, -0.15) is 0 Å². The number of hydrogen-bond acceptors (Lipinski definition) is 4. The molecule has 0 amide bonds. The number of nitrogens with one attached hydrogen (secondary N) is 2. The van der Waals surface area contributed by atoms with Crippen molar-refractivity contribution in [2.75, 3.05) is 25.5 Å². The number of anilines is 1. The zero-order valence-corrected chi connectivity index (χ0v) is 17.8. The molecule has 0 radical (unpaired) electrons. The summed E-state index contributed by atoms with van der Waals surface area (Å²) in [5.41, 5.74) is 3.50. The first-order valence-electron chi connectivity index (χ1n) is 7.78. The molecule has 5 nitrogen and oxygen atoms in total. The van der Waals surface area contributed by atoms with Gasteiger partial charge in [-0.1, -0.05) is 29.8 Å². The van der Waals surface area contributed by atoms with Gasteiger partial charge in [-0.05, 0) is 19.4 Å². The minimum atomic E-state index is 0. The molecule has 132 valence electrons. The molecule has 2 rings (SSSR count). The molecule has 0 aliphatic heterocycles. The number of benzene rings is 1.